The molecule has 1 aromatic carbocycles. The van der Waals surface area contributed by atoms with Crippen LogP contribution in [0.3, 0.4) is 0 Å². The third kappa shape index (κ3) is 3.84. The predicted octanol–water partition coefficient (Wildman–Crippen LogP) is 3.04. The molecule has 0 unspecified atom stereocenters. The lowest BCUT2D eigenvalue weighted by Crippen LogP contribution is -2.16. The van der Waals surface area contributed by atoms with Crippen LogP contribution in [-0.2, 0) is 0 Å². The van der Waals surface area contributed by atoms with Crippen molar-refractivity contribution < 1.29 is 22.6 Å². The Balaban J connectivity index is 2.09. The van der Waals surface area contributed by atoms with Gasteiger partial charge < -0.3 is 9.47 Å². The Hall–Kier alpha value is -2.82. The summed E-state index contributed by atoms with van der Waals surface area (Å²) < 4.78 is 44.8. The minimum Gasteiger partial charge on any atom is -0.424 e. The van der Waals surface area contributed by atoms with Gasteiger partial charge in [0.1, 0.15) is 23.3 Å². The normalized spacial score (nSPS) is 10.7. The Labute approximate surface area is 111 Å². The van der Waals surface area contributed by atoms with Crippen molar-refractivity contribution >= 4 is 0 Å². The molecule has 0 fully saturated rings. The summed E-state index contributed by atoms with van der Waals surface area (Å²) in [6.45, 7) is 0. The molecular weight excluding hydrogens is 275 g/mol. The fourth-order valence-corrected chi connectivity index (χ4v) is 1.27. The van der Waals surface area contributed by atoms with Gasteiger partial charge in [-0.25, -0.2) is 4.98 Å². The van der Waals surface area contributed by atoms with Crippen LogP contribution in [-0.4, -0.2) is 16.3 Å². The zero-order valence-corrected chi connectivity index (χ0v) is 9.76. The van der Waals surface area contributed by atoms with Crippen molar-refractivity contribution in [2.75, 3.05) is 0 Å². The van der Waals surface area contributed by atoms with E-state index in [1.165, 1.54) is 24.4 Å². The van der Waals surface area contributed by atoms with E-state index in [0.29, 0.717) is 0 Å². The smallest absolute Gasteiger partial charge is 0.424 e. The quantitative estimate of drug-likeness (QED) is 0.864. The number of aromatic nitrogens is 2. The van der Waals surface area contributed by atoms with E-state index in [-0.39, 0.29) is 23.2 Å². The summed E-state index contributed by atoms with van der Waals surface area (Å²) in [5, 5.41) is 8.65. The first-order chi connectivity index (χ1) is 9.46. The number of nitrogens with zero attached hydrogens (tertiary/aromatic N) is 3. The topological polar surface area (TPSA) is 68.0 Å². The lowest BCUT2D eigenvalue weighted by Gasteiger charge is -2.09. The monoisotopic (exact) mass is 281 g/mol. The lowest BCUT2D eigenvalue weighted by atomic mass is 10.3. The number of alkyl halides is 3. The molecular formula is C12H6F3N3O2. The molecule has 0 N–H and O–H groups in total. The molecule has 1 heterocycles. The van der Waals surface area contributed by atoms with Crippen molar-refractivity contribution in [2.24, 2.45) is 0 Å². The molecule has 20 heavy (non-hydrogen) atoms. The van der Waals surface area contributed by atoms with Crippen LogP contribution in [0.25, 0.3) is 0 Å². The van der Waals surface area contributed by atoms with Crippen LogP contribution >= 0.6 is 0 Å². The van der Waals surface area contributed by atoms with Crippen LogP contribution in [0.15, 0.2) is 36.5 Å². The Kier molecular flexibility index (Phi) is 3.70. The van der Waals surface area contributed by atoms with E-state index in [1.54, 1.807) is 0 Å². The van der Waals surface area contributed by atoms with Crippen molar-refractivity contribution in [1.29, 1.82) is 5.26 Å². The molecule has 0 aliphatic carbocycles. The minimum absolute atomic E-state index is 0.0754. The first-order valence-electron chi connectivity index (χ1n) is 5.23. The molecule has 0 amide bonds. The van der Waals surface area contributed by atoms with E-state index in [2.05, 4.69) is 14.7 Å². The molecule has 5 nitrogen and oxygen atoms in total. The maximum absolute atomic E-state index is 12.0. The summed E-state index contributed by atoms with van der Waals surface area (Å²) >= 11 is 0. The summed E-state index contributed by atoms with van der Waals surface area (Å²) in [7, 11) is 0. The van der Waals surface area contributed by atoms with E-state index in [4.69, 9.17) is 10.00 Å². The van der Waals surface area contributed by atoms with Crippen molar-refractivity contribution in [2.45, 2.75) is 6.36 Å². The highest BCUT2D eigenvalue weighted by Crippen LogP contribution is 2.26. The molecule has 0 radical (unpaired) electrons. The second kappa shape index (κ2) is 5.44. The summed E-state index contributed by atoms with van der Waals surface area (Å²) in [6.07, 6.45) is -3.41. The van der Waals surface area contributed by atoms with Crippen molar-refractivity contribution in [1.82, 2.24) is 9.97 Å². The number of hydrogen-bond acceptors (Lipinski definition) is 5. The number of hydrogen-bond donors (Lipinski definition) is 0. The molecule has 1 aromatic heterocycles. The average molecular weight is 281 g/mol. The van der Waals surface area contributed by atoms with E-state index >= 15 is 0 Å². The van der Waals surface area contributed by atoms with Gasteiger partial charge in [0.05, 0.1) is 0 Å². The second-order valence-corrected chi connectivity index (χ2v) is 3.46. The van der Waals surface area contributed by atoms with Gasteiger partial charge in [-0.1, -0.05) is 0 Å². The standard InChI is InChI=1S/C12H6F3N3O2/c13-12(14,15)20-10-3-1-9(2-4-10)19-11-17-6-5-8(7-16)18-11/h1-6H. The summed E-state index contributed by atoms with van der Waals surface area (Å²) in [5.74, 6) is -0.147. The van der Waals surface area contributed by atoms with E-state index in [1.807, 2.05) is 6.07 Å². The third-order valence-corrected chi connectivity index (χ3v) is 2.01. The van der Waals surface area contributed by atoms with Crippen LogP contribution in [0.4, 0.5) is 13.2 Å². The molecule has 0 aliphatic heterocycles. The van der Waals surface area contributed by atoms with Gasteiger partial charge in [-0.2, -0.15) is 10.2 Å². The maximum Gasteiger partial charge on any atom is 0.573 e. The first-order valence-corrected chi connectivity index (χ1v) is 5.23. The summed E-state index contributed by atoms with van der Waals surface area (Å²) in [4.78, 5) is 7.53. The van der Waals surface area contributed by atoms with Crippen LogP contribution in [0.5, 0.6) is 17.5 Å². The van der Waals surface area contributed by atoms with Gasteiger partial charge in [-0.3, -0.25) is 0 Å². The number of nitriles is 1. The van der Waals surface area contributed by atoms with Gasteiger partial charge in [0.15, 0.2) is 0 Å². The van der Waals surface area contributed by atoms with Crippen LogP contribution in [0.2, 0.25) is 0 Å². The fourth-order valence-electron chi connectivity index (χ4n) is 1.27. The van der Waals surface area contributed by atoms with Gasteiger partial charge in [0.25, 0.3) is 0 Å². The molecule has 0 bridgehead atoms. The molecule has 2 rings (SSSR count). The highest BCUT2D eigenvalue weighted by atomic mass is 19.4. The lowest BCUT2D eigenvalue weighted by molar-refractivity contribution is -0.274. The van der Waals surface area contributed by atoms with Crippen molar-refractivity contribution in [3.63, 3.8) is 0 Å². The largest absolute Gasteiger partial charge is 0.573 e. The molecule has 102 valence electrons. The van der Waals surface area contributed by atoms with Crippen LogP contribution in [0, 0.1) is 11.3 Å². The van der Waals surface area contributed by atoms with Gasteiger partial charge in [-0.15, -0.1) is 13.2 Å². The zero-order valence-electron chi connectivity index (χ0n) is 9.76. The molecule has 0 atom stereocenters. The Morgan fingerprint density at radius 1 is 1.05 bits per heavy atom. The number of halogens is 3. The molecule has 0 spiro atoms. The third-order valence-electron chi connectivity index (χ3n) is 2.01. The SMILES string of the molecule is N#Cc1ccnc(Oc2ccc(OC(F)(F)F)cc2)n1. The number of ether oxygens (including phenoxy) is 2. The van der Waals surface area contributed by atoms with Crippen LogP contribution < -0.4 is 9.47 Å². The molecule has 8 heteroatoms. The highest BCUT2D eigenvalue weighted by Gasteiger charge is 2.30. The van der Waals surface area contributed by atoms with Gasteiger partial charge in [0.2, 0.25) is 0 Å². The average Bonchev–Trinajstić information content (AvgIpc) is 2.40. The Morgan fingerprint density at radius 3 is 2.30 bits per heavy atom. The van der Waals surface area contributed by atoms with Gasteiger partial charge >= 0.3 is 12.4 Å². The predicted molar refractivity (Wildman–Crippen MR) is 59.9 cm³/mol. The Morgan fingerprint density at radius 2 is 1.70 bits per heavy atom. The van der Waals surface area contributed by atoms with Gasteiger partial charge in [-0.05, 0) is 30.3 Å². The van der Waals surface area contributed by atoms with E-state index in [0.717, 1.165) is 12.1 Å². The fraction of sp³-hybridized carbons (Fsp3) is 0.0833. The van der Waals surface area contributed by atoms with E-state index in [9.17, 15) is 13.2 Å². The van der Waals surface area contributed by atoms with Crippen molar-refractivity contribution in [3.8, 4) is 23.6 Å². The second-order valence-electron chi connectivity index (χ2n) is 3.46. The maximum atomic E-state index is 12.0. The van der Waals surface area contributed by atoms with E-state index < -0.39 is 6.36 Å². The molecule has 0 saturated heterocycles. The number of rotatable bonds is 3. The molecule has 0 saturated carbocycles. The van der Waals surface area contributed by atoms with Gasteiger partial charge in [0, 0.05) is 6.20 Å². The first kappa shape index (κ1) is 13.6. The summed E-state index contributed by atoms with van der Waals surface area (Å²) in [5.41, 5.74) is 0.118. The van der Waals surface area contributed by atoms with Crippen LogP contribution in [0.1, 0.15) is 5.69 Å². The molecule has 0 aliphatic rings. The zero-order chi connectivity index (χ0) is 14.6. The number of benzene rings is 1. The minimum atomic E-state index is -4.74. The summed E-state index contributed by atoms with van der Waals surface area (Å²) in [6, 6.07) is 7.86. The Bertz CT molecular complexity index is 636. The molecule has 2 aromatic rings. The van der Waals surface area contributed by atoms with Crippen molar-refractivity contribution in [3.05, 3.63) is 42.2 Å². The highest BCUT2D eigenvalue weighted by molar-refractivity contribution is 5.33.